The number of nitrogens with one attached hydrogen (secondary N) is 2. The van der Waals surface area contributed by atoms with E-state index in [1.54, 1.807) is 0 Å². The third-order valence-corrected chi connectivity index (χ3v) is 5.82. The number of ether oxygens (including phenoxy) is 1. The molecule has 0 atom stereocenters. The Kier molecular flexibility index (Phi) is 8.84. The SMILES string of the molecule is C1COCCN1.NCc1ccc(CS(=O)(=O)NC2CCCCC2)cc1. The minimum Gasteiger partial charge on any atom is -0.379 e. The van der Waals surface area contributed by atoms with Gasteiger partial charge < -0.3 is 15.8 Å². The summed E-state index contributed by atoms with van der Waals surface area (Å²) in [4.78, 5) is 0. The highest BCUT2D eigenvalue weighted by molar-refractivity contribution is 7.88. The third-order valence-electron chi connectivity index (χ3n) is 4.41. The second-order valence-corrected chi connectivity index (χ2v) is 8.35. The van der Waals surface area contributed by atoms with Crippen molar-refractivity contribution < 1.29 is 13.2 Å². The molecular weight excluding hydrogens is 338 g/mol. The zero-order valence-corrected chi connectivity index (χ0v) is 15.7. The summed E-state index contributed by atoms with van der Waals surface area (Å²) in [6.45, 7) is 4.31. The van der Waals surface area contributed by atoms with E-state index in [1.807, 2.05) is 24.3 Å². The zero-order valence-electron chi connectivity index (χ0n) is 14.9. The van der Waals surface area contributed by atoms with Crippen LogP contribution in [0.15, 0.2) is 24.3 Å². The minimum absolute atomic E-state index is 0.0500. The summed E-state index contributed by atoms with van der Waals surface area (Å²) in [7, 11) is -3.24. The van der Waals surface area contributed by atoms with E-state index in [4.69, 9.17) is 10.5 Å². The Labute approximate surface area is 151 Å². The molecular formula is C18H31N3O3S. The van der Waals surface area contributed by atoms with Crippen LogP contribution in [0.3, 0.4) is 0 Å². The molecule has 1 aliphatic carbocycles. The average Bonchev–Trinajstić information content (AvgIpc) is 2.64. The van der Waals surface area contributed by atoms with E-state index >= 15 is 0 Å². The maximum atomic E-state index is 12.1. The molecule has 0 radical (unpaired) electrons. The molecule has 1 aromatic carbocycles. The molecule has 142 valence electrons. The lowest BCUT2D eigenvalue weighted by molar-refractivity contribution is 0.109. The maximum absolute atomic E-state index is 12.1. The first kappa shape index (κ1) is 20.3. The van der Waals surface area contributed by atoms with Crippen LogP contribution in [0.2, 0.25) is 0 Å². The molecule has 0 unspecified atom stereocenters. The quantitative estimate of drug-likeness (QED) is 0.731. The molecule has 0 spiro atoms. The molecule has 0 aromatic heterocycles. The summed E-state index contributed by atoms with van der Waals surface area (Å²) in [5.74, 6) is 0.0500. The fourth-order valence-corrected chi connectivity index (χ4v) is 4.48. The Bertz CT molecular complexity index is 569. The van der Waals surface area contributed by atoms with Crippen molar-refractivity contribution in [1.82, 2.24) is 10.0 Å². The van der Waals surface area contributed by atoms with Crippen LogP contribution in [-0.4, -0.2) is 40.8 Å². The molecule has 7 heteroatoms. The highest BCUT2D eigenvalue weighted by Gasteiger charge is 2.20. The molecule has 25 heavy (non-hydrogen) atoms. The number of hydrogen-bond donors (Lipinski definition) is 3. The van der Waals surface area contributed by atoms with E-state index in [9.17, 15) is 8.42 Å². The van der Waals surface area contributed by atoms with Gasteiger partial charge >= 0.3 is 0 Å². The first-order valence-corrected chi connectivity index (χ1v) is 10.8. The molecule has 1 aromatic rings. The predicted molar refractivity (Wildman–Crippen MR) is 101 cm³/mol. The highest BCUT2D eigenvalue weighted by atomic mass is 32.2. The monoisotopic (exact) mass is 369 g/mol. The Morgan fingerprint density at radius 3 is 2.12 bits per heavy atom. The van der Waals surface area contributed by atoms with Gasteiger partial charge in [0.1, 0.15) is 0 Å². The molecule has 1 saturated heterocycles. The van der Waals surface area contributed by atoms with Crippen LogP contribution in [0.5, 0.6) is 0 Å². The summed E-state index contributed by atoms with van der Waals surface area (Å²) in [5.41, 5.74) is 7.34. The van der Waals surface area contributed by atoms with Crippen LogP contribution >= 0.6 is 0 Å². The van der Waals surface area contributed by atoms with Gasteiger partial charge in [0.15, 0.2) is 0 Å². The van der Waals surface area contributed by atoms with Gasteiger partial charge in [-0.05, 0) is 24.0 Å². The number of rotatable bonds is 5. The summed E-state index contributed by atoms with van der Waals surface area (Å²) in [6, 6.07) is 7.56. The molecule has 2 aliphatic rings. The van der Waals surface area contributed by atoms with E-state index in [-0.39, 0.29) is 11.8 Å². The van der Waals surface area contributed by atoms with Crippen molar-refractivity contribution in [2.24, 2.45) is 5.73 Å². The van der Waals surface area contributed by atoms with Crippen molar-refractivity contribution >= 4 is 10.0 Å². The van der Waals surface area contributed by atoms with Crippen LogP contribution < -0.4 is 15.8 Å². The average molecular weight is 370 g/mol. The second-order valence-electron chi connectivity index (χ2n) is 6.59. The van der Waals surface area contributed by atoms with Gasteiger partial charge in [-0.15, -0.1) is 0 Å². The van der Waals surface area contributed by atoms with Crippen molar-refractivity contribution in [1.29, 1.82) is 0 Å². The highest BCUT2D eigenvalue weighted by Crippen LogP contribution is 2.19. The van der Waals surface area contributed by atoms with Crippen molar-refractivity contribution in [2.45, 2.75) is 50.4 Å². The van der Waals surface area contributed by atoms with Crippen LogP contribution in [0, 0.1) is 0 Å². The Morgan fingerprint density at radius 1 is 1.04 bits per heavy atom. The van der Waals surface area contributed by atoms with E-state index in [1.165, 1.54) is 6.42 Å². The van der Waals surface area contributed by atoms with Crippen molar-refractivity contribution in [2.75, 3.05) is 26.3 Å². The van der Waals surface area contributed by atoms with Crippen molar-refractivity contribution in [3.63, 3.8) is 0 Å². The topological polar surface area (TPSA) is 93.4 Å². The summed E-state index contributed by atoms with van der Waals surface area (Å²) in [5, 5.41) is 3.16. The minimum atomic E-state index is -3.24. The number of hydrogen-bond acceptors (Lipinski definition) is 5. The van der Waals surface area contributed by atoms with Crippen LogP contribution in [-0.2, 0) is 27.1 Å². The van der Waals surface area contributed by atoms with Gasteiger partial charge in [-0.25, -0.2) is 13.1 Å². The molecule has 3 rings (SSSR count). The van der Waals surface area contributed by atoms with Crippen molar-refractivity contribution in [3.8, 4) is 0 Å². The van der Waals surface area contributed by atoms with Gasteiger partial charge in [-0.1, -0.05) is 43.5 Å². The molecule has 6 nitrogen and oxygen atoms in total. The Morgan fingerprint density at radius 2 is 1.64 bits per heavy atom. The van der Waals surface area contributed by atoms with Gasteiger partial charge in [0, 0.05) is 25.7 Å². The first-order chi connectivity index (χ1) is 12.1. The van der Waals surface area contributed by atoms with E-state index in [0.717, 1.165) is 63.1 Å². The van der Waals surface area contributed by atoms with Crippen molar-refractivity contribution in [3.05, 3.63) is 35.4 Å². The Hall–Kier alpha value is -0.990. The van der Waals surface area contributed by atoms with Crippen LogP contribution in [0.25, 0.3) is 0 Å². The second kappa shape index (κ2) is 10.9. The summed E-state index contributed by atoms with van der Waals surface area (Å²) < 4.78 is 32.0. The maximum Gasteiger partial charge on any atom is 0.216 e. The lowest BCUT2D eigenvalue weighted by Gasteiger charge is -2.22. The number of sulfonamides is 1. The lowest BCUT2D eigenvalue weighted by atomic mass is 9.96. The molecule has 2 fully saturated rings. The molecule has 1 heterocycles. The molecule has 4 N–H and O–H groups in total. The molecule has 0 bridgehead atoms. The van der Waals surface area contributed by atoms with E-state index < -0.39 is 10.0 Å². The van der Waals surface area contributed by atoms with Crippen LogP contribution in [0.1, 0.15) is 43.2 Å². The van der Waals surface area contributed by atoms with Gasteiger partial charge in [-0.2, -0.15) is 0 Å². The van der Waals surface area contributed by atoms with E-state index in [0.29, 0.717) is 6.54 Å². The normalized spacial score (nSPS) is 19.1. The zero-order chi connectivity index (χ0) is 18.0. The van der Waals surface area contributed by atoms with Gasteiger partial charge in [0.2, 0.25) is 10.0 Å². The lowest BCUT2D eigenvalue weighted by Crippen LogP contribution is -2.36. The molecule has 0 amide bonds. The first-order valence-electron chi connectivity index (χ1n) is 9.15. The largest absolute Gasteiger partial charge is 0.379 e. The Balaban J connectivity index is 0.000000316. The molecule has 1 aliphatic heterocycles. The predicted octanol–water partition coefficient (Wildman–Crippen LogP) is 1.50. The summed E-state index contributed by atoms with van der Waals surface area (Å²) >= 11 is 0. The number of morpholine rings is 1. The number of nitrogens with two attached hydrogens (primary N) is 1. The van der Waals surface area contributed by atoms with Crippen LogP contribution in [0.4, 0.5) is 0 Å². The fraction of sp³-hybridized carbons (Fsp3) is 0.667. The van der Waals surface area contributed by atoms with Gasteiger partial charge in [0.05, 0.1) is 19.0 Å². The van der Waals surface area contributed by atoms with Gasteiger partial charge in [-0.3, -0.25) is 0 Å². The van der Waals surface area contributed by atoms with Gasteiger partial charge in [0.25, 0.3) is 0 Å². The fourth-order valence-electron chi connectivity index (χ4n) is 3.02. The standard InChI is InChI=1S/C14H22N2O2S.C4H9NO/c15-10-12-6-8-13(9-7-12)11-19(17,18)16-14-4-2-1-3-5-14;1-3-6-4-2-5-1/h6-9,14,16H,1-5,10-11,15H2;5H,1-4H2. The molecule has 1 saturated carbocycles. The summed E-state index contributed by atoms with van der Waals surface area (Å²) in [6.07, 6.45) is 5.40. The smallest absolute Gasteiger partial charge is 0.216 e. The third kappa shape index (κ3) is 8.29. The number of benzene rings is 1. The van der Waals surface area contributed by atoms with E-state index in [2.05, 4.69) is 10.0 Å².